The second kappa shape index (κ2) is 3.88. The summed E-state index contributed by atoms with van der Waals surface area (Å²) in [6.07, 6.45) is 0. The van der Waals surface area contributed by atoms with Crippen LogP contribution in [0.15, 0.2) is 24.3 Å². The first-order chi connectivity index (χ1) is 8.65. The molecule has 4 amide bonds. The van der Waals surface area contributed by atoms with Gasteiger partial charge in [-0.05, 0) is 12.1 Å². The Morgan fingerprint density at radius 2 is 1.72 bits per heavy atom. The number of nitrogens with zero attached hydrogens (tertiary/aromatic N) is 1. The third-order valence-electron chi connectivity index (χ3n) is 2.56. The fourth-order valence-electron chi connectivity index (χ4n) is 1.76. The Balaban J connectivity index is 2.05. The lowest BCUT2D eigenvalue weighted by atomic mass is 10.1. The zero-order valence-electron chi connectivity index (χ0n) is 8.97. The molecule has 2 heterocycles. The molecule has 1 aromatic carbocycles. The molecule has 2 N–H and O–H groups in total. The summed E-state index contributed by atoms with van der Waals surface area (Å²) >= 11 is 1.27. The monoisotopic (exact) mass is 261 g/mol. The Hall–Kier alpha value is -2.28. The minimum Gasteiger partial charge on any atom is -0.277 e. The maximum Gasteiger partial charge on any atom is 0.328 e. The lowest BCUT2D eigenvalue weighted by Gasteiger charge is -2.18. The minimum absolute atomic E-state index is 0.388. The maximum absolute atomic E-state index is 11.7. The van der Waals surface area contributed by atoms with Gasteiger partial charge in [-0.25, -0.2) is 9.78 Å². The van der Waals surface area contributed by atoms with E-state index in [1.807, 2.05) is 18.2 Å². The van der Waals surface area contributed by atoms with E-state index in [2.05, 4.69) is 15.6 Å². The summed E-state index contributed by atoms with van der Waals surface area (Å²) in [5, 5.41) is 4.51. The summed E-state index contributed by atoms with van der Waals surface area (Å²) in [6, 6.07) is 6.56. The summed E-state index contributed by atoms with van der Waals surface area (Å²) in [5.41, 5.74) is 0.731. The van der Waals surface area contributed by atoms with E-state index in [9.17, 15) is 14.4 Å². The number of fused-ring (bicyclic) bond motifs is 1. The van der Waals surface area contributed by atoms with Gasteiger partial charge in [0.15, 0.2) is 5.92 Å². The molecule has 1 saturated heterocycles. The lowest BCUT2D eigenvalue weighted by molar-refractivity contribution is -0.132. The van der Waals surface area contributed by atoms with Gasteiger partial charge in [-0.15, -0.1) is 11.3 Å². The number of barbiturate groups is 1. The minimum atomic E-state index is -1.06. The number of thiazole rings is 1. The van der Waals surface area contributed by atoms with Crippen LogP contribution in [-0.2, 0) is 9.59 Å². The van der Waals surface area contributed by atoms with Crippen LogP contribution in [0.2, 0.25) is 0 Å². The molecule has 1 aromatic heterocycles. The molecule has 2 aromatic rings. The van der Waals surface area contributed by atoms with Gasteiger partial charge in [0.05, 0.1) is 10.2 Å². The Bertz CT molecular complexity index is 626. The normalized spacial score (nSPS) is 16.8. The van der Waals surface area contributed by atoms with Gasteiger partial charge in [-0.3, -0.25) is 20.2 Å². The third kappa shape index (κ3) is 1.65. The van der Waals surface area contributed by atoms with Gasteiger partial charge in [0, 0.05) is 0 Å². The molecule has 18 heavy (non-hydrogen) atoms. The molecular formula is C11H7N3O3S. The topological polar surface area (TPSA) is 88.2 Å². The highest BCUT2D eigenvalue weighted by Crippen LogP contribution is 2.28. The molecule has 0 atom stereocenters. The van der Waals surface area contributed by atoms with Crippen molar-refractivity contribution < 1.29 is 14.4 Å². The van der Waals surface area contributed by atoms with E-state index in [0.29, 0.717) is 5.01 Å². The molecule has 0 aliphatic carbocycles. The molecule has 7 heteroatoms. The van der Waals surface area contributed by atoms with E-state index in [-0.39, 0.29) is 0 Å². The number of rotatable bonds is 1. The molecule has 0 spiro atoms. The number of nitrogens with one attached hydrogen (secondary N) is 2. The fourth-order valence-corrected chi connectivity index (χ4v) is 2.82. The summed E-state index contributed by atoms with van der Waals surface area (Å²) in [6.45, 7) is 0. The number of para-hydroxylation sites is 1. The van der Waals surface area contributed by atoms with E-state index in [1.54, 1.807) is 6.07 Å². The average molecular weight is 261 g/mol. The van der Waals surface area contributed by atoms with E-state index in [0.717, 1.165) is 10.2 Å². The van der Waals surface area contributed by atoms with Gasteiger partial charge < -0.3 is 0 Å². The molecule has 0 saturated carbocycles. The predicted octanol–water partition coefficient (Wildman–Crippen LogP) is 0.746. The first kappa shape index (κ1) is 10.8. The molecule has 3 rings (SSSR count). The SMILES string of the molecule is O=C1NC(=O)C(c2nc3ccccc3s2)C(=O)N1. The van der Waals surface area contributed by atoms with Gasteiger partial charge in [0.2, 0.25) is 11.8 Å². The molecule has 1 fully saturated rings. The summed E-state index contributed by atoms with van der Waals surface area (Å²) < 4.78 is 0.894. The molecule has 1 aliphatic rings. The van der Waals surface area contributed by atoms with E-state index in [4.69, 9.17) is 0 Å². The zero-order chi connectivity index (χ0) is 12.7. The van der Waals surface area contributed by atoms with Crippen LogP contribution in [0, 0.1) is 0 Å². The molecule has 0 unspecified atom stereocenters. The summed E-state index contributed by atoms with van der Waals surface area (Å²) in [7, 11) is 0. The average Bonchev–Trinajstić information content (AvgIpc) is 2.70. The largest absolute Gasteiger partial charge is 0.328 e. The second-order valence-corrected chi connectivity index (χ2v) is 4.82. The smallest absolute Gasteiger partial charge is 0.277 e. The van der Waals surface area contributed by atoms with Crippen molar-refractivity contribution in [3.63, 3.8) is 0 Å². The first-order valence-electron chi connectivity index (χ1n) is 5.16. The van der Waals surface area contributed by atoms with Crippen LogP contribution >= 0.6 is 11.3 Å². The Kier molecular flexibility index (Phi) is 2.34. The Morgan fingerprint density at radius 3 is 2.39 bits per heavy atom. The Labute approximate surface area is 105 Å². The lowest BCUT2D eigenvalue weighted by Crippen LogP contribution is -2.54. The van der Waals surface area contributed by atoms with Crippen molar-refractivity contribution in [1.82, 2.24) is 15.6 Å². The van der Waals surface area contributed by atoms with Gasteiger partial charge in [-0.2, -0.15) is 0 Å². The number of hydrogen-bond acceptors (Lipinski definition) is 5. The van der Waals surface area contributed by atoms with Crippen LogP contribution in [0.4, 0.5) is 4.79 Å². The zero-order valence-corrected chi connectivity index (χ0v) is 9.78. The number of hydrogen-bond donors (Lipinski definition) is 2. The summed E-state index contributed by atoms with van der Waals surface area (Å²) in [5.74, 6) is -2.33. The predicted molar refractivity (Wildman–Crippen MR) is 64.0 cm³/mol. The van der Waals surface area contributed by atoms with Crippen molar-refractivity contribution in [2.75, 3.05) is 0 Å². The number of amides is 4. The van der Waals surface area contributed by atoms with E-state index < -0.39 is 23.8 Å². The highest BCUT2D eigenvalue weighted by molar-refractivity contribution is 7.18. The quantitative estimate of drug-likeness (QED) is 0.741. The third-order valence-corrected chi connectivity index (χ3v) is 3.66. The van der Waals surface area contributed by atoms with E-state index >= 15 is 0 Å². The molecule has 0 radical (unpaired) electrons. The van der Waals surface area contributed by atoms with Crippen LogP contribution in [0.25, 0.3) is 10.2 Å². The number of imide groups is 2. The van der Waals surface area contributed by atoms with Crippen LogP contribution in [0.1, 0.15) is 10.9 Å². The molecule has 6 nitrogen and oxygen atoms in total. The standard InChI is InChI=1S/C11H7N3O3S/c15-8-7(9(16)14-11(17)13-8)10-12-5-3-1-2-4-6(5)18-10/h1-4,7H,(H2,13,14,15,16,17). The maximum atomic E-state index is 11.7. The number of aromatic nitrogens is 1. The number of benzene rings is 1. The first-order valence-corrected chi connectivity index (χ1v) is 5.98. The second-order valence-electron chi connectivity index (χ2n) is 3.76. The number of urea groups is 1. The number of carbonyl (C=O) groups excluding carboxylic acids is 3. The van der Waals surface area contributed by atoms with Crippen LogP contribution in [-0.4, -0.2) is 22.8 Å². The van der Waals surface area contributed by atoms with Crippen molar-refractivity contribution in [3.8, 4) is 0 Å². The fraction of sp³-hybridized carbons (Fsp3) is 0.0909. The van der Waals surface area contributed by atoms with Gasteiger partial charge in [-0.1, -0.05) is 12.1 Å². The molecular weight excluding hydrogens is 254 g/mol. The van der Waals surface area contributed by atoms with Crippen molar-refractivity contribution in [1.29, 1.82) is 0 Å². The molecule has 0 bridgehead atoms. The van der Waals surface area contributed by atoms with Gasteiger partial charge in [0.1, 0.15) is 5.01 Å². The number of carbonyl (C=O) groups is 3. The van der Waals surface area contributed by atoms with Gasteiger partial charge in [0.25, 0.3) is 0 Å². The highest BCUT2D eigenvalue weighted by Gasteiger charge is 2.37. The van der Waals surface area contributed by atoms with Crippen molar-refractivity contribution in [2.24, 2.45) is 0 Å². The van der Waals surface area contributed by atoms with Crippen LogP contribution in [0.5, 0.6) is 0 Å². The van der Waals surface area contributed by atoms with Gasteiger partial charge >= 0.3 is 6.03 Å². The van der Waals surface area contributed by atoms with Crippen molar-refractivity contribution >= 4 is 39.4 Å². The van der Waals surface area contributed by atoms with Crippen LogP contribution in [0.3, 0.4) is 0 Å². The van der Waals surface area contributed by atoms with Crippen LogP contribution < -0.4 is 10.6 Å². The van der Waals surface area contributed by atoms with Crippen molar-refractivity contribution in [2.45, 2.75) is 5.92 Å². The Morgan fingerprint density at radius 1 is 1.06 bits per heavy atom. The van der Waals surface area contributed by atoms with E-state index in [1.165, 1.54) is 11.3 Å². The highest BCUT2D eigenvalue weighted by atomic mass is 32.1. The molecule has 1 aliphatic heterocycles. The molecule has 90 valence electrons. The summed E-state index contributed by atoms with van der Waals surface area (Å²) in [4.78, 5) is 38.5. The van der Waals surface area contributed by atoms with Crippen molar-refractivity contribution in [3.05, 3.63) is 29.3 Å².